The summed E-state index contributed by atoms with van der Waals surface area (Å²) in [6.07, 6.45) is 0. The Morgan fingerprint density at radius 1 is 1.36 bits per heavy atom. The van der Waals surface area contributed by atoms with Gasteiger partial charge in [0.25, 0.3) is 0 Å². The van der Waals surface area contributed by atoms with Crippen LogP contribution in [0.25, 0.3) is 0 Å². The first kappa shape index (κ1) is 7.79. The number of ether oxygens (including phenoxy) is 2. The summed E-state index contributed by atoms with van der Waals surface area (Å²) in [5.41, 5.74) is 0. The zero-order valence-corrected chi connectivity index (χ0v) is 7.19. The van der Waals surface area contributed by atoms with Crippen molar-refractivity contribution in [1.29, 1.82) is 0 Å². The molecule has 6 heteroatoms. The molecule has 0 unspecified atom stereocenters. The minimum atomic E-state index is -3.14. The molecule has 11 heavy (non-hydrogen) atoms. The van der Waals surface area contributed by atoms with Gasteiger partial charge < -0.3 is 9.47 Å². The molecule has 0 amide bonds. The van der Waals surface area contributed by atoms with Gasteiger partial charge in [0.05, 0.1) is 13.2 Å². The molecule has 2 saturated heterocycles. The molecule has 64 valence electrons. The molecular weight excluding hydrogens is 192 g/mol. The Hall–Kier alpha value is 0.160. The maximum Gasteiger partial charge on any atom is 0.213 e. The maximum absolute atomic E-state index is 10.9. The van der Waals surface area contributed by atoms with E-state index in [0.29, 0.717) is 13.2 Å². The molecule has 2 aliphatic heterocycles. The van der Waals surface area contributed by atoms with Crippen LogP contribution in [0.15, 0.2) is 0 Å². The summed E-state index contributed by atoms with van der Waals surface area (Å²) < 4.78 is 30.9. The van der Waals surface area contributed by atoms with Gasteiger partial charge in [0.15, 0.2) is 14.5 Å². The van der Waals surface area contributed by atoms with Gasteiger partial charge in [0.2, 0.25) is 5.79 Å². The van der Waals surface area contributed by atoms with Crippen molar-refractivity contribution in [2.45, 2.75) is 10.5 Å². The van der Waals surface area contributed by atoms with E-state index in [1.165, 1.54) is 0 Å². The van der Waals surface area contributed by atoms with Gasteiger partial charge in [-0.2, -0.15) is 0 Å². The lowest BCUT2D eigenvalue weighted by atomic mass is 10.3. The van der Waals surface area contributed by atoms with Gasteiger partial charge in [-0.1, -0.05) is 11.6 Å². The molecule has 1 spiro atoms. The summed E-state index contributed by atoms with van der Waals surface area (Å²) >= 11 is 5.57. The molecule has 0 N–H and O–H groups in total. The summed E-state index contributed by atoms with van der Waals surface area (Å²) in [5, 5.41) is 0. The van der Waals surface area contributed by atoms with Gasteiger partial charge in [-0.25, -0.2) is 8.42 Å². The minimum Gasteiger partial charge on any atom is -0.344 e. The van der Waals surface area contributed by atoms with E-state index in [4.69, 9.17) is 21.1 Å². The highest BCUT2D eigenvalue weighted by Gasteiger charge is 2.62. The molecule has 0 aromatic heterocycles. The molecule has 1 atom stereocenters. The number of halogens is 1. The second-order valence-corrected chi connectivity index (χ2v) is 5.41. The second-order valence-electron chi connectivity index (χ2n) is 2.63. The van der Waals surface area contributed by atoms with Crippen molar-refractivity contribution in [3.05, 3.63) is 0 Å². The monoisotopic (exact) mass is 198 g/mol. The molecule has 0 aromatic carbocycles. The lowest BCUT2D eigenvalue weighted by molar-refractivity contribution is -0.139. The van der Waals surface area contributed by atoms with Gasteiger partial charge in [0, 0.05) is 0 Å². The summed E-state index contributed by atoms with van der Waals surface area (Å²) in [4.78, 5) is 0. The summed E-state index contributed by atoms with van der Waals surface area (Å²) in [6.45, 7) is 0.859. The Kier molecular flexibility index (Phi) is 1.49. The zero-order valence-electron chi connectivity index (χ0n) is 5.62. The van der Waals surface area contributed by atoms with E-state index in [1.54, 1.807) is 0 Å². The SMILES string of the molecule is O=S1(=O)CC2(OCCO2)[C@H]1Cl. The number of alkyl halides is 1. The molecule has 2 aliphatic rings. The fraction of sp³-hybridized carbons (Fsp3) is 1.00. The third kappa shape index (κ3) is 0.917. The van der Waals surface area contributed by atoms with Crippen LogP contribution < -0.4 is 0 Å². The third-order valence-corrected chi connectivity index (χ3v) is 4.78. The van der Waals surface area contributed by atoms with Crippen LogP contribution in [0.1, 0.15) is 0 Å². The van der Waals surface area contributed by atoms with Crippen LogP contribution in [0.2, 0.25) is 0 Å². The van der Waals surface area contributed by atoms with Gasteiger partial charge in [-0.3, -0.25) is 0 Å². The summed E-state index contributed by atoms with van der Waals surface area (Å²) in [5.74, 6) is -1.12. The first-order valence-corrected chi connectivity index (χ1v) is 5.36. The Bertz CT molecular complexity index is 266. The Labute approximate surface area is 69.3 Å². The highest BCUT2D eigenvalue weighted by atomic mass is 35.5. The van der Waals surface area contributed by atoms with E-state index in [9.17, 15) is 8.42 Å². The van der Waals surface area contributed by atoms with Crippen molar-refractivity contribution < 1.29 is 17.9 Å². The van der Waals surface area contributed by atoms with E-state index in [1.807, 2.05) is 0 Å². The topological polar surface area (TPSA) is 52.6 Å². The standard InChI is InChI=1S/C5H7ClO4S/c6-4-5(3-11(4,7)8)9-1-2-10-5/h4H,1-3H2/t4-/m0/s1. The van der Waals surface area contributed by atoms with Gasteiger partial charge in [-0.15, -0.1) is 0 Å². The normalized spacial score (nSPS) is 38.8. The van der Waals surface area contributed by atoms with Crippen molar-refractivity contribution in [3.63, 3.8) is 0 Å². The Morgan fingerprint density at radius 3 is 2.27 bits per heavy atom. The zero-order chi connectivity index (χ0) is 8.11. The quantitative estimate of drug-likeness (QED) is 0.503. The minimum absolute atomic E-state index is 0.103. The lowest BCUT2D eigenvalue weighted by Crippen LogP contribution is -2.61. The number of rotatable bonds is 0. The average Bonchev–Trinajstić information content (AvgIpc) is 2.37. The molecule has 2 heterocycles. The van der Waals surface area contributed by atoms with E-state index in [2.05, 4.69) is 0 Å². The van der Waals surface area contributed by atoms with E-state index in [-0.39, 0.29) is 5.75 Å². The van der Waals surface area contributed by atoms with Crippen LogP contribution in [0.3, 0.4) is 0 Å². The first-order chi connectivity index (χ1) is 5.07. The van der Waals surface area contributed by atoms with Gasteiger partial charge in [-0.05, 0) is 0 Å². The molecule has 0 radical (unpaired) electrons. The predicted molar refractivity (Wildman–Crippen MR) is 38.1 cm³/mol. The van der Waals surface area contributed by atoms with Crippen LogP contribution >= 0.6 is 11.6 Å². The molecule has 4 nitrogen and oxygen atoms in total. The molecule has 0 saturated carbocycles. The molecule has 0 bridgehead atoms. The van der Waals surface area contributed by atoms with Crippen LogP contribution in [-0.2, 0) is 19.3 Å². The molecule has 2 fully saturated rings. The largest absolute Gasteiger partial charge is 0.344 e. The van der Waals surface area contributed by atoms with Crippen LogP contribution in [-0.4, -0.2) is 37.9 Å². The molecular formula is C5H7ClO4S. The van der Waals surface area contributed by atoms with E-state index in [0.717, 1.165) is 0 Å². The molecule has 0 aliphatic carbocycles. The summed E-state index contributed by atoms with van der Waals surface area (Å²) in [7, 11) is -3.14. The Morgan fingerprint density at radius 2 is 1.91 bits per heavy atom. The highest BCUT2D eigenvalue weighted by Crippen LogP contribution is 2.41. The average molecular weight is 199 g/mol. The lowest BCUT2D eigenvalue weighted by Gasteiger charge is -2.39. The maximum atomic E-state index is 10.9. The Balaban J connectivity index is 2.23. The van der Waals surface area contributed by atoms with E-state index < -0.39 is 20.3 Å². The number of hydrogen-bond donors (Lipinski definition) is 0. The van der Waals surface area contributed by atoms with Gasteiger partial charge in [0.1, 0.15) is 5.75 Å². The smallest absolute Gasteiger partial charge is 0.213 e. The van der Waals surface area contributed by atoms with Crippen molar-refractivity contribution in [2.75, 3.05) is 19.0 Å². The second kappa shape index (κ2) is 2.10. The first-order valence-electron chi connectivity index (χ1n) is 3.20. The number of hydrogen-bond acceptors (Lipinski definition) is 4. The van der Waals surface area contributed by atoms with Crippen LogP contribution in [0.5, 0.6) is 0 Å². The van der Waals surface area contributed by atoms with Crippen molar-refractivity contribution in [2.24, 2.45) is 0 Å². The fourth-order valence-corrected chi connectivity index (χ4v) is 3.27. The van der Waals surface area contributed by atoms with Gasteiger partial charge >= 0.3 is 0 Å². The highest BCUT2D eigenvalue weighted by molar-refractivity contribution is 7.95. The van der Waals surface area contributed by atoms with Crippen molar-refractivity contribution in [1.82, 2.24) is 0 Å². The summed E-state index contributed by atoms with van der Waals surface area (Å²) in [6, 6.07) is 0. The molecule has 2 rings (SSSR count). The predicted octanol–water partition coefficient (Wildman–Crippen LogP) is -0.277. The molecule has 0 aromatic rings. The number of sulfone groups is 1. The van der Waals surface area contributed by atoms with Crippen LogP contribution in [0.4, 0.5) is 0 Å². The van der Waals surface area contributed by atoms with Crippen LogP contribution in [0, 0.1) is 0 Å². The third-order valence-electron chi connectivity index (χ3n) is 1.84. The van der Waals surface area contributed by atoms with Crippen molar-refractivity contribution in [3.8, 4) is 0 Å². The van der Waals surface area contributed by atoms with Crippen molar-refractivity contribution >= 4 is 21.4 Å². The van der Waals surface area contributed by atoms with E-state index >= 15 is 0 Å². The fourth-order valence-electron chi connectivity index (χ4n) is 1.28.